The number of likely N-dealkylation sites (tertiary alicyclic amines) is 1. The minimum absolute atomic E-state index is 0.203. The quantitative estimate of drug-likeness (QED) is 0.699. The Balaban J connectivity index is 1.60. The molecule has 4 nitrogen and oxygen atoms in total. The third kappa shape index (κ3) is 2.87. The summed E-state index contributed by atoms with van der Waals surface area (Å²) in [4.78, 5) is 18.2. The van der Waals surface area contributed by atoms with Gasteiger partial charge >= 0.3 is 6.09 Å². The molecule has 1 aliphatic heterocycles. The predicted octanol–water partition coefficient (Wildman–Crippen LogP) is 1.52. The minimum atomic E-state index is -0.203. The Kier molecular flexibility index (Phi) is 3.24. The van der Waals surface area contributed by atoms with Crippen LogP contribution in [0.1, 0.15) is 32.1 Å². The molecule has 1 amide bonds. The van der Waals surface area contributed by atoms with Crippen LogP contribution in [-0.2, 0) is 4.84 Å². The molecular weight excluding hydrogens is 180 g/mol. The molecule has 0 atom stereocenters. The van der Waals surface area contributed by atoms with Crippen LogP contribution in [0.3, 0.4) is 0 Å². The van der Waals surface area contributed by atoms with E-state index in [-0.39, 0.29) is 6.09 Å². The average Bonchev–Trinajstić information content (AvgIpc) is 3.03. The van der Waals surface area contributed by atoms with Gasteiger partial charge in [-0.25, -0.2) is 4.79 Å². The standard InChI is InChI=1S/C10H18N2O2/c13-10(12-6-2-1-3-7-12)14-11-8-9-4-5-9/h9,11H,1-8H2. The van der Waals surface area contributed by atoms with Gasteiger partial charge in [0.2, 0.25) is 0 Å². The van der Waals surface area contributed by atoms with Gasteiger partial charge in [-0.2, -0.15) is 5.48 Å². The third-order valence-electron chi connectivity index (χ3n) is 2.84. The highest BCUT2D eigenvalue weighted by atomic mass is 16.7. The summed E-state index contributed by atoms with van der Waals surface area (Å²) in [7, 11) is 0. The molecule has 0 aromatic heterocycles. The third-order valence-corrected chi connectivity index (χ3v) is 2.84. The first-order valence-corrected chi connectivity index (χ1v) is 5.55. The molecule has 0 aromatic rings. The summed E-state index contributed by atoms with van der Waals surface area (Å²) in [5.41, 5.74) is 2.75. The second-order valence-electron chi connectivity index (χ2n) is 4.21. The lowest BCUT2D eigenvalue weighted by Gasteiger charge is -2.25. The maximum atomic E-state index is 11.4. The zero-order valence-corrected chi connectivity index (χ0v) is 8.50. The number of rotatable bonds is 3. The van der Waals surface area contributed by atoms with E-state index in [0.717, 1.165) is 38.4 Å². The van der Waals surface area contributed by atoms with Gasteiger partial charge in [0.25, 0.3) is 0 Å². The Hall–Kier alpha value is -0.770. The van der Waals surface area contributed by atoms with E-state index in [0.29, 0.717) is 0 Å². The molecule has 2 fully saturated rings. The highest BCUT2D eigenvalue weighted by Crippen LogP contribution is 2.27. The average molecular weight is 198 g/mol. The van der Waals surface area contributed by atoms with Crippen LogP contribution in [0.2, 0.25) is 0 Å². The van der Waals surface area contributed by atoms with Crippen LogP contribution in [-0.4, -0.2) is 30.6 Å². The highest BCUT2D eigenvalue weighted by molar-refractivity contribution is 5.67. The molecule has 1 saturated carbocycles. The van der Waals surface area contributed by atoms with Gasteiger partial charge < -0.3 is 9.74 Å². The maximum Gasteiger partial charge on any atom is 0.428 e. The van der Waals surface area contributed by atoms with Gasteiger partial charge in [-0.3, -0.25) is 0 Å². The number of nitrogens with one attached hydrogen (secondary N) is 1. The lowest BCUT2D eigenvalue weighted by Crippen LogP contribution is -2.39. The van der Waals surface area contributed by atoms with Crippen molar-refractivity contribution in [3.05, 3.63) is 0 Å². The number of carbonyl (C=O) groups excluding carboxylic acids is 1. The maximum absolute atomic E-state index is 11.4. The number of carbonyl (C=O) groups is 1. The fourth-order valence-electron chi connectivity index (χ4n) is 1.68. The summed E-state index contributed by atoms with van der Waals surface area (Å²) in [6, 6.07) is 0. The van der Waals surface area contributed by atoms with Crippen molar-refractivity contribution in [2.75, 3.05) is 19.6 Å². The summed E-state index contributed by atoms with van der Waals surface area (Å²) < 4.78 is 0. The van der Waals surface area contributed by atoms with Crippen LogP contribution in [0.15, 0.2) is 0 Å². The van der Waals surface area contributed by atoms with E-state index in [4.69, 9.17) is 4.84 Å². The fourth-order valence-corrected chi connectivity index (χ4v) is 1.68. The molecule has 14 heavy (non-hydrogen) atoms. The molecule has 0 aromatic carbocycles. The van der Waals surface area contributed by atoms with Gasteiger partial charge in [0.1, 0.15) is 0 Å². The normalized spacial score (nSPS) is 22.1. The number of piperidine rings is 1. The molecule has 2 aliphatic rings. The molecule has 4 heteroatoms. The van der Waals surface area contributed by atoms with Gasteiger partial charge in [-0.05, 0) is 38.0 Å². The predicted molar refractivity (Wildman–Crippen MR) is 52.6 cm³/mol. The van der Waals surface area contributed by atoms with Gasteiger partial charge in [0.05, 0.1) is 0 Å². The van der Waals surface area contributed by atoms with E-state index in [2.05, 4.69) is 5.48 Å². The zero-order valence-electron chi connectivity index (χ0n) is 8.50. The molecule has 0 unspecified atom stereocenters. The molecule has 1 aliphatic carbocycles. The van der Waals surface area contributed by atoms with Crippen LogP contribution < -0.4 is 5.48 Å². The molecule has 0 spiro atoms. The Morgan fingerprint density at radius 2 is 2.00 bits per heavy atom. The van der Waals surface area contributed by atoms with Gasteiger partial charge in [0, 0.05) is 19.6 Å². The van der Waals surface area contributed by atoms with Gasteiger partial charge in [0.15, 0.2) is 0 Å². The van der Waals surface area contributed by atoms with Crippen LogP contribution in [0.25, 0.3) is 0 Å². The molecule has 1 saturated heterocycles. The number of hydrogen-bond acceptors (Lipinski definition) is 3. The first-order valence-electron chi connectivity index (χ1n) is 5.55. The van der Waals surface area contributed by atoms with Gasteiger partial charge in [-0.15, -0.1) is 0 Å². The van der Waals surface area contributed by atoms with Crippen LogP contribution in [0, 0.1) is 5.92 Å². The first kappa shape index (κ1) is 9.77. The number of hydrogen-bond donors (Lipinski definition) is 1. The van der Waals surface area contributed by atoms with Crippen molar-refractivity contribution >= 4 is 6.09 Å². The molecular formula is C10H18N2O2. The summed E-state index contributed by atoms with van der Waals surface area (Å²) >= 11 is 0. The Bertz CT molecular complexity index is 198. The Labute approximate surface area is 84.6 Å². The largest absolute Gasteiger partial charge is 0.428 e. The summed E-state index contributed by atoms with van der Waals surface area (Å²) in [5.74, 6) is 0.740. The van der Waals surface area contributed by atoms with E-state index in [9.17, 15) is 4.79 Å². The molecule has 80 valence electrons. The van der Waals surface area contributed by atoms with Crippen molar-refractivity contribution in [1.29, 1.82) is 0 Å². The van der Waals surface area contributed by atoms with Gasteiger partial charge in [-0.1, -0.05) is 0 Å². The van der Waals surface area contributed by atoms with E-state index in [1.165, 1.54) is 19.3 Å². The summed E-state index contributed by atoms with van der Waals surface area (Å²) in [6.45, 7) is 2.52. The Morgan fingerprint density at radius 3 is 2.64 bits per heavy atom. The van der Waals surface area contributed by atoms with Crippen molar-refractivity contribution in [2.24, 2.45) is 5.92 Å². The second-order valence-corrected chi connectivity index (χ2v) is 4.21. The lowest BCUT2D eigenvalue weighted by atomic mass is 10.1. The molecule has 1 N–H and O–H groups in total. The minimum Gasteiger partial charge on any atom is -0.354 e. The SMILES string of the molecule is O=C(ONCC1CC1)N1CCCCC1. The van der Waals surface area contributed by atoms with E-state index >= 15 is 0 Å². The number of nitrogens with zero attached hydrogens (tertiary/aromatic N) is 1. The Morgan fingerprint density at radius 1 is 1.29 bits per heavy atom. The van der Waals surface area contributed by atoms with Crippen molar-refractivity contribution < 1.29 is 9.63 Å². The molecule has 0 radical (unpaired) electrons. The lowest BCUT2D eigenvalue weighted by molar-refractivity contribution is 0.0489. The van der Waals surface area contributed by atoms with Crippen molar-refractivity contribution in [2.45, 2.75) is 32.1 Å². The van der Waals surface area contributed by atoms with Crippen molar-refractivity contribution in [3.63, 3.8) is 0 Å². The molecule has 0 bridgehead atoms. The topological polar surface area (TPSA) is 41.6 Å². The number of amides is 1. The fraction of sp³-hybridized carbons (Fsp3) is 0.900. The van der Waals surface area contributed by atoms with Crippen LogP contribution in [0.5, 0.6) is 0 Å². The van der Waals surface area contributed by atoms with Crippen molar-refractivity contribution in [3.8, 4) is 0 Å². The van der Waals surface area contributed by atoms with Crippen LogP contribution >= 0.6 is 0 Å². The van der Waals surface area contributed by atoms with E-state index < -0.39 is 0 Å². The van der Waals surface area contributed by atoms with E-state index in [1.807, 2.05) is 0 Å². The zero-order chi connectivity index (χ0) is 9.80. The second kappa shape index (κ2) is 4.64. The smallest absolute Gasteiger partial charge is 0.354 e. The first-order chi connectivity index (χ1) is 6.86. The monoisotopic (exact) mass is 198 g/mol. The summed E-state index contributed by atoms with van der Waals surface area (Å²) in [5, 5.41) is 0. The van der Waals surface area contributed by atoms with Crippen LogP contribution in [0.4, 0.5) is 4.79 Å². The molecule has 2 rings (SSSR count). The van der Waals surface area contributed by atoms with Crippen molar-refractivity contribution in [1.82, 2.24) is 10.4 Å². The van der Waals surface area contributed by atoms with E-state index in [1.54, 1.807) is 4.90 Å². The molecule has 1 heterocycles. The summed E-state index contributed by atoms with van der Waals surface area (Å²) in [6.07, 6.45) is 5.79. The highest BCUT2D eigenvalue weighted by Gasteiger charge is 2.22. The number of hydroxylamine groups is 1.